The lowest BCUT2D eigenvalue weighted by atomic mass is 10.1. The number of carbonyl (C=O) groups excluding carboxylic acids is 1. The van der Waals surface area contributed by atoms with Crippen molar-refractivity contribution in [2.75, 3.05) is 5.32 Å². The highest BCUT2D eigenvalue weighted by Gasteiger charge is 2.31. The van der Waals surface area contributed by atoms with E-state index in [0.29, 0.717) is 28.1 Å². The smallest absolute Gasteiger partial charge is 0.339 e. The summed E-state index contributed by atoms with van der Waals surface area (Å²) < 4.78 is 40.9. The fraction of sp³-hybridized carbons (Fsp3) is 0.0769. The zero-order valence-electron chi connectivity index (χ0n) is 18.4. The van der Waals surface area contributed by atoms with Crippen LogP contribution >= 0.6 is 0 Å². The Morgan fingerprint density at radius 1 is 0.971 bits per heavy atom. The summed E-state index contributed by atoms with van der Waals surface area (Å²) >= 11 is 0. The fourth-order valence-electron chi connectivity index (χ4n) is 3.80. The Hall–Kier alpha value is -4.53. The molecule has 0 atom stereocenters. The van der Waals surface area contributed by atoms with Crippen LogP contribution in [0.25, 0.3) is 22.2 Å². The van der Waals surface area contributed by atoms with Crippen molar-refractivity contribution in [1.29, 1.82) is 0 Å². The normalized spacial score (nSPS) is 11.5. The monoisotopic (exact) mass is 473 g/mol. The fourth-order valence-corrected chi connectivity index (χ4v) is 3.80. The second kappa shape index (κ2) is 8.68. The van der Waals surface area contributed by atoms with Gasteiger partial charge in [0.05, 0.1) is 16.8 Å². The molecule has 9 heteroatoms. The summed E-state index contributed by atoms with van der Waals surface area (Å²) in [5.41, 5.74) is 2.62. The third kappa shape index (κ3) is 4.35. The first-order valence-corrected chi connectivity index (χ1v) is 10.6. The van der Waals surface area contributed by atoms with Crippen LogP contribution in [-0.4, -0.2) is 25.4 Å². The Balaban J connectivity index is 1.51. The third-order valence-corrected chi connectivity index (χ3v) is 5.64. The molecular formula is C26H18F3N5O. The van der Waals surface area contributed by atoms with Crippen LogP contribution in [0.3, 0.4) is 0 Å². The summed E-state index contributed by atoms with van der Waals surface area (Å²) in [4.78, 5) is 25.9. The molecule has 0 amide bonds. The zero-order valence-corrected chi connectivity index (χ0v) is 18.4. The molecule has 0 radical (unpaired) electrons. The Kier molecular flexibility index (Phi) is 5.52. The molecule has 3 aromatic heterocycles. The molecular weight excluding hydrogens is 455 g/mol. The lowest BCUT2D eigenvalue weighted by Crippen LogP contribution is -2.12. The lowest BCUT2D eigenvalue weighted by molar-refractivity contribution is -0.137. The van der Waals surface area contributed by atoms with Crippen molar-refractivity contribution in [3.05, 3.63) is 102 Å². The number of alkyl halides is 3. The van der Waals surface area contributed by atoms with Crippen LogP contribution in [0, 0.1) is 6.92 Å². The van der Waals surface area contributed by atoms with E-state index in [-0.39, 0.29) is 5.52 Å². The van der Waals surface area contributed by atoms with Gasteiger partial charge in [0.2, 0.25) is 0 Å². The van der Waals surface area contributed by atoms with E-state index in [1.165, 1.54) is 23.2 Å². The summed E-state index contributed by atoms with van der Waals surface area (Å²) in [5.74, 6) is 0.0968. The second-order valence-corrected chi connectivity index (χ2v) is 7.91. The maximum absolute atomic E-state index is 13.3. The molecule has 174 valence electrons. The van der Waals surface area contributed by atoms with Crippen LogP contribution in [-0.2, 0) is 6.18 Å². The van der Waals surface area contributed by atoms with Crippen LogP contribution in [0.15, 0.2) is 85.6 Å². The van der Waals surface area contributed by atoms with E-state index < -0.39 is 17.6 Å². The van der Waals surface area contributed by atoms with Gasteiger partial charge in [0.15, 0.2) is 0 Å². The van der Waals surface area contributed by atoms with Gasteiger partial charge in [-0.25, -0.2) is 15.0 Å². The van der Waals surface area contributed by atoms with E-state index in [4.69, 9.17) is 0 Å². The highest BCUT2D eigenvalue weighted by molar-refractivity contribution is 6.03. The van der Waals surface area contributed by atoms with Crippen molar-refractivity contribution in [1.82, 2.24) is 19.5 Å². The minimum atomic E-state index is -4.50. The van der Waals surface area contributed by atoms with E-state index in [9.17, 15) is 18.0 Å². The average Bonchev–Trinajstić information content (AvgIpc) is 3.29. The second-order valence-electron chi connectivity index (χ2n) is 7.91. The Labute approximate surface area is 198 Å². The predicted octanol–water partition coefficient (Wildman–Crippen LogP) is 6.25. The van der Waals surface area contributed by atoms with Crippen molar-refractivity contribution < 1.29 is 18.0 Å². The average molecular weight is 473 g/mol. The van der Waals surface area contributed by atoms with Gasteiger partial charge in [0, 0.05) is 40.8 Å². The molecule has 5 aromatic rings. The quantitative estimate of drug-likeness (QED) is 0.334. The molecule has 0 aliphatic heterocycles. The molecule has 0 saturated heterocycles. The number of nitrogens with one attached hydrogen (secondary N) is 1. The number of carbonyl (C=O) groups is 1. The molecule has 2 aromatic carbocycles. The van der Waals surface area contributed by atoms with Crippen molar-refractivity contribution in [2.45, 2.75) is 13.1 Å². The summed E-state index contributed by atoms with van der Waals surface area (Å²) in [6.07, 6.45) is 1.70. The Bertz CT molecular complexity index is 1540. The van der Waals surface area contributed by atoms with Crippen LogP contribution < -0.4 is 5.32 Å². The van der Waals surface area contributed by atoms with Crippen molar-refractivity contribution in [3.63, 3.8) is 0 Å². The van der Waals surface area contributed by atoms with Gasteiger partial charge >= 0.3 is 6.18 Å². The summed E-state index contributed by atoms with van der Waals surface area (Å²) in [5, 5.41) is 3.81. The number of nitrogens with zero attached hydrogens (tertiary/aromatic N) is 4. The van der Waals surface area contributed by atoms with Gasteiger partial charge in [-0.3, -0.25) is 9.36 Å². The largest absolute Gasteiger partial charge is 0.416 e. The third-order valence-electron chi connectivity index (χ3n) is 5.64. The van der Waals surface area contributed by atoms with Crippen LogP contribution in [0.2, 0.25) is 0 Å². The first kappa shape index (κ1) is 22.3. The molecule has 0 fully saturated rings. The highest BCUT2D eigenvalue weighted by atomic mass is 19.4. The van der Waals surface area contributed by atoms with E-state index in [1.54, 1.807) is 48.8 Å². The number of hydrogen-bond acceptors (Lipinski definition) is 5. The van der Waals surface area contributed by atoms with E-state index >= 15 is 0 Å². The molecule has 3 heterocycles. The van der Waals surface area contributed by atoms with Gasteiger partial charge in [0.1, 0.15) is 12.1 Å². The van der Waals surface area contributed by atoms with Crippen molar-refractivity contribution >= 4 is 28.3 Å². The summed E-state index contributed by atoms with van der Waals surface area (Å²) in [6.45, 7) is 1.88. The number of aryl methyl sites for hydroxylation is 1. The van der Waals surface area contributed by atoms with Crippen LogP contribution in [0.4, 0.5) is 24.7 Å². The van der Waals surface area contributed by atoms with Gasteiger partial charge in [-0.05, 0) is 61.0 Å². The van der Waals surface area contributed by atoms with Crippen molar-refractivity contribution in [3.8, 4) is 11.3 Å². The molecule has 0 bridgehead atoms. The van der Waals surface area contributed by atoms with E-state index in [0.717, 1.165) is 23.3 Å². The Morgan fingerprint density at radius 3 is 2.60 bits per heavy atom. The minimum Gasteiger partial charge on any atom is -0.339 e. The number of pyridine rings is 1. The van der Waals surface area contributed by atoms with Gasteiger partial charge in [-0.1, -0.05) is 12.1 Å². The first-order valence-electron chi connectivity index (χ1n) is 10.6. The molecule has 5 rings (SSSR count). The van der Waals surface area contributed by atoms with E-state index in [2.05, 4.69) is 20.3 Å². The number of benzene rings is 2. The number of fused-ring (bicyclic) bond motifs is 1. The molecule has 6 nitrogen and oxygen atoms in total. The Morgan fingerprint density at radius 2 is 1.83 bits per heavy atom. The highest BCUT2D eigenvalue weighted by Crippen LogP contribution is 2.32. The number of halogens is 3. The van der Waals surface area contributed by atoms with Crippen LogP contribution in [0.5, 0.6) is 0 Å². The molecule has 0 aliphatic rings. The zero-order chi connectivity index (χ0) is 24.6. The molecule has 35 heavy (non-hydrogen) atoms. The SMILES string of the molecule is Cc1ccc(C(=O)n2ccc3ccc(C(F)(F)F)cc32)cc1Nc1ncccc1-c1ccncn1. The van der Waals surface area contributed by atoms with Gasteiger partial charge in [0.25, 0.3) is 5.91 Å². The number of rotatable bonds is 4. The predicted molar refractivity (Wildman–Crippen MR) is 126 cm³/mol. The summed E-state index contributed by atoms with van der Waals surface area (Å²) in [7, 11) is 0. The van der Waals surface area contributed by atoms with E-state index in [1.807, 2.05) is 13.0 Å². The molecule has 0 unspecified atom stereocenters. The molecule has 0 spiro atoms. The molecule has 0 aliphatic carbocycles. The standard InChI is InChI=1S/C26H18F3N5O/c1-16-4-5-18(25(35)34-12-9-17-6-7-19(14-23(17)34)26(27,28)29)13-22(16)33-24-20(3-2-10-31-24)21-8-11-30-15-32-21/h2-15H,1H3,(H,31,33). The van der Waals surface area contributed by atoms with Crippen molar-refractivity contribution in [2.24, 2.45) is 0 Å². The molecule has 1 N–H and O–H groups in total. The van der Waals surface area contributed by atoms with Gasteiger partial charge < -0.3 is 5.32 Å². The maximum atomic E-state index is 13.3. The maximum Gasteiger partial charge on any atom is 0.416 e. The topological polar surface area (TPSA) is 72.7 Å². The number of aromatic nitrogens is 4. The summed E-state index contributed by atoms with van der Waals surface area (Å²) in [6, 6.07) is 15.5. The molecule has 0 saturated carbocycles. The van der Waals surface area contributed by atoms with Gasteiger partial charge in [-0.2, -0.15) is 13.2 Å². The van der Waals surface area contributed by atoms with Gasteiger partial charge in [-0.15, -0.1) is 0 Å². The first-order chi connectivity index (χ1) is 16.8. The number of anilines is 2. The minimum absolute atomic E-state index is 0.190. The number of hydrogen-bond donors (Lipinski definition) is 1. The van der Waals surface area contributed by atoms with Crippen LogP contribution in [0.1, 0.15) is 21.5 Å². The lowest BCUT2D eigenvalue weighted by Gasteiger charge is -2.14.